The third kappa shape index (κ3) is 6.43. The van der Waals surface area contributed by atoms with Crippen molar-refractivity contribution in [1.82, 2.24) is 5.32 Å². The van der Waals surface area contributed by atoms with Gasteiger partial charge in [-0.1, -0.05) is 24.3 Å². The topological polar surface area (TPSA) is 137 Å². The van der Waals surface area contributed by atoms with E-state index in [4.69, 9.17) is 18.9 Å². The molecule has 0 atom stereocenters. The summed E-state index contributed by atoms with van der Waals surface area (Å²) in [6.07, 6.45) is 0. The van der Waals surface area contributed by atoms with Gasteiger partial charge in [-0.3, -0.25) is 14.4 Å². The van der Waals surface area contributed by atoms with Crippen molar-refractivity contribution >= 4 is 23.8 Å². The van der Waals surface area contributed by atoms with Crippen LogP contribution in [0.5, 0.6) is 23.0 Å². The number of halogens is 2. The largest absolute Gasteiger partial charge is 0.456 e. The van der Waals surface area contributed by atoms with Gasteiger partial charge in [-0.2, -0.15) is 0 Å². The van der Waals surface area contributed by atoms with Crippen LogP contribution in [0.3, 0.4) is 0 Å². The Morgan fingerprint density at radius 3 is 1.75 bits per heavy atom. The first-order chi connectivity index (χ1) is 23.9. The number of carbonyl (C=O) groups excluding carboxylic acids is 4. The van der Waals surface area contributed by atoms with E-state index in [1.807, 2.05) is 0 Å². The summed E-state index contributed by atoms with van der Waals surface area (Å²) in [5.74, 6) is -5.99. The number of rotatable bonds is 6. The highest BCUT2D eigenvalue weighted by molar-refractivity contribution is 6.00. The van der Waals surface area contributed by atoms with Crippen LogP contribution in [0.25, 0.3) is 0 Å². The third-order valence-electron chi connectivity index (χ3n) is 8.46. The van der Waals surface area contributed by atoms with Gasteiger partial charge in [0.15, 0.2) is 28.7 Å². The molecular weight excluding hydrogens is 664 g/mol. The number of ether oxygens (including phenoxy) is 4. The van der Waals surface area contributed by atoms with E-state index >= 15 is 8.78 Å². The van der Waals surface area contributed by atoms with E-state index in [9.17, 15) is 24.3 Å². The van der Waals surface area contributed by atoms with E-state index in [0.29, 0.717) is 5.56 Å². The molecule has 1 amide bonds. The molecule has 0 radical (unpaired) electrons. The number of fused-ring (bicyclic) bond motifs is 6. The van der Waals surface area contributed by atoms with Crippen LogP contribution in [-0.4, -0.2) is 28.9 Å². The van der Waals surface area contributed by atoms with Gasteiger partial charge in [-0.05, 0) is 83.0 Å². The van der Waals surface area contributed by atoms with Gasteiger partial charge >= 0.3 is 17.9 Å². The number of hydrogen-bond acceptors (Lipinski definition) is 9. The molecule has 6 rings (SSSR count). The predicted molar refractivity (Wildman–Crippen MR) is 178 cm³/mol. The molecule has 0 aromatic heterocycles. The number of esters is 3. The second-order valence-corrected chi connectivity index (χ2v) is 14.4. The molecule has 12 heteroatoms. The SMILES string of the molecule is CC(C)(C)C(=O)Oc1cc2c(cc1F)C1(OC(=O)c3ccc(C(=O)NCc4ccc(CO)cc4)cc31)c1cc(F)c(OC(=O)C(C)(C)C)cc1O2. The molecule has 4 aromatic rings. The molecule has 0 fully saturated rings. The Balaban J connectivity index is 1.49. The summed E-state index contributed by atoms with van der Waals surface area (Å²) in [5.41, 5.74) is -2.46. The van der Waals surface area contributed by atoms with E-state index in [0.717, 1.165) is 29.8 Å². The Bertz CT molecular complexity index is 2030. The van der Waals surface area contributed by atoms with Gasteiger partial charge in [0.05, 0.1) is 34.1 Å². The Hall–Kier alpha value is -5.62. The van der Waals surface area contributed by atoms with Crippen molar-refractivity contribution in [3.8, 4) is 23.0 Å². The second kappa shape index (κ2) is 12.6. The lowest BCUT2D eigenvalue weighted by molar-refractivity contribution is -0.143. The number of aliphatic hydroxyl groups is 1. The molecule has 51 heavy (non-hydrogen) atoms. The average Bonchev–Trinajstić information content (AvgIpc) is 3.36. The fourth-order valence-corrected chi connectivity index (χ4v) is 5.57. The summed E-state index contributed by atoms with van der Waals surface area (Å²) in [6, 6.07) is 15.4. The summed E-state index contributed by atoms with van der Waals surface area (Å²) < 4.78 is 54.6. The Labute approximate surface area is 292 Å². The smallest absolute Gasteiger partial charge is 0.340 e. The first-order valence-electron chi connectivity index (χ1n) is 16.1. The fourth-order valence-electron chi connectivity index (χ4n) is 5.57. The lowest BCUT2D eigenvalue weighted by Gasteiger charge is -2.37. The highest BCUT2D eigenvalue weighted by Gasteiger charge is 2.55. The lowest BCUT2D eigenvalue weighted by atomic mass is 9.77. The van der Waals surface area contributed by atoms with Crippen LogP contribution < -0.4 is 19.5 Å². The Morgan fingerprint density at radius 1 is 0.745 bits per heavy atom. The molecule has 2 aliphatic rings. The number of hydrogen-bond donors (Lipinski definition) is 2. The molecule has 4 aromatic carbocycles. The van der Waals surface area contributed by atoms with E-state index in [1.165, 1.54) is 18.2 Å². The minimum absolute atomic E-state index is 0.0252. The number of aliphatic hydroxyl groups excluding tert-OH is 1. The highest BCUT2D eigenvalue weighted by atomic mass is 19.1. The van der Waals surface area contributed by atoms with Crippen LogP contribution in [0.1, 0.15) is 90.1 Å². The average molecular weight is 700 g/mol. The van der Waals surface area contributed by atoms with Crippen molar-refractivity contribution < 1.29 is 52.0 Å². The zero-order chi connectivity index (χ0) is 37.0. The minimum atomic E-state index is -2.05. The molecule has 2 aliphatic heterocycles. The molecule has 2 heterocycles. The summed E-state index contributed by atoms with van der Waals surface area (Å²) >= 11 is 0. The maximum atomic E-state index is 15.8. The van der Waals surface area contributed by atoms with Gasteiger partial charge < -0.3 is 29.4 Å². The van der Waals surface area contributed by atoms with Crippen molar-refractivity contribution in [1.29, 1.82) is 0 Å². The van der Waals surface area contributed by atoms with Crippen LogP contribution in [0.4, 0.5) is 8.78 Å². The fraction of sp³-hybridized carbons (Fsp3) is 0.282. The molecule has 10 nitrogen and oxygen atoms in total. The number of nitrogens with one attached hydrogen (secondary N) is 1. The molecule has 1 spiro atoms. The molecule has 0 unspecified atom stereocenters. The maximum absolute atomic E-state index is 15.8. The van der Waals surface area contributed by atoms with Crippen LogP contribution in [0, 0.1) is 22.5 Å². The van der Waals surface area contributed by atoms with Gasteiger partial charge in [0.25, 0.3) is 5.91 Å². The van der Waals surface area contributed by atoms with Gasteiger partial charge in [0.1, 0.15) is 11.5 Å². The van der Waals surface area contributed by atoms with E-state index in [-0.39, 0.29) is 52.5 Å². The Kier molecular flexibility index (Phi) is 8.71. The number of amides is 1. The highest BCUT2D eigenvalue weighted by Crippen LogP contribution is 2.58. The maximum Gasteiger partial charge on any atom is 0.340 e. The first-order valence-corrected chi connectivity index (χ1v) is 16.1. The van der Waals surface area contributed by atoms with E-state index in [1.54, 1.807) is 65.8 Å². The quantitative estimate of drug-likeness (QED) is 0.163. The van der Waals surface area contributed by atoms with Crippen LogP contribution in [-0.2, 0) is 33.1 Å². The van der Waals surface area contributed by atoms with Crippen molar-refractivity contribution in [2.24, 2.45) is 10.8 Å². The predicted octanol–water partition coefficient (Wildman–Crippen LogP) is 6.86. The number of benzene rings is 4. The third-order valence-corrected chi connectivity index (χ3v) is 8.46. The van der Waals surface area contributed by atoms with E-state index < -0.39 is 63.4 Å². The molecule has 264 valence electrons. The van der Waals surface area contributed by atoms with Crippen LogP contribution in [0.15, 0.2) is 66.7 Å². The lowest BCUT2D eigenvalue weighted by Crippen LogP contribution is -2.34. The molecule has 0 aliphatic carbocycles. The Morgan fingerprint density at radius 2 is 1.25 bits per heavy atom. The van der Waals surface area contributed by atoms with Crippen LogP contribution >= 0.6 is 0 Å². The molecule has 2 N–H and O–H groups in total. The van der Waals surface area contributed by atoms with Crippen molar-refractivity contribution in [2.75, 3.05) is 0 Å². The zero-order valence-electron chi connectivity index (χ0n) is 28.7. The van der Waals surface area contributed by atoms with Gasteiger partial charge in [-0.15, -0.1) is 0 Å². The summed E-state index contributed by atoms with van der Waals surface area (Å²) in [6.45, 7) is 9.59. The number of carbonyl (C=O) groups is 4. The van der Waals surface area contributed by atoms with Gasteiger partial charge in [0.2, 0.25) is 0 Å². The summed E-state index contributed by atoms with van der Waals surface area (Å²) in [4.78, 5) is 52.4. The molecule has 0 saturated heterocycles. The molecular formula is C39H35F2NO9. The standard InChI is InChI=1S/C39H35F2NO9/c1-37(2,3)35(46)49-31-16-29-25(14-27(31)40)39(26-15-28(41)32(17-30(26)48-29)50-36(47)38(4,5)6)24-13-22(11-12-23(24)34(45)51-39)33(44)42-18-20-7-9-21(19-43)10-8-20/h7-17,43H,18-19H2,1-6H3,(H,42,44). The van der Waals surface area contributed by atoms with Crippen molar-refractivity contribution in [2.45, 2.75) is 60.3 Å². The minimum Gasteiger partial charge on any atom is -0.456 e. The monoisotopic (exact) mass is 699 g/mol. The molecule has 0 saturated carbocycles. The van der Waals surface area contributed by atoms with Crippen LogP contribution in [0.2, 0.25) is 0 Å². The summed E-state index contributed by atoms with van der Waals surface area (Å²) in [7, 11) is 0. The second-order valence-electron chi connectivity index (χ2n) is 14.4. The molecule has 0 bridgehead atoms. The summed E-state index contributed by atoms with van der Waals surface area (Å²) in [5, 5.41) is 12.1. The van der Waals surface area contributed by atoms with Crippen molar-refractivity contribution in [3.63, 3.8) is 0 Å². The first kappa shape index (κ1) is 35.2. The van der Waals surface area contributed by atoms with E-state index in [2.05, 4.69) is 5.32 Å². The van der Waals surface area contributed by atoms with Gasteiger partial charge in [-0.25, -0.2) is 13.6 Å². The van der Waals surface area contributed by atoms with Crippen molar-refractivity contribution in [3.05, 3.63) is 117 Å². The van der Waals surface area contributed by atoms with Gasteiger partial charge in [0, 0.05) is 29.8 Å². The zero-order valence-corrected chi connectivity index (χ0v) is 28.7. The normalized spacial score (nSPS) is 14.1.